The normalized spacial score (nSPS) is 11.2. The highest BCUT2D eigenvalue weighted by Gasteiger charge is 2.15. The summed E-state index contributed by atoms with van der Waals surface area (Å²) >= 11 is 6.18. The van der Waals surface area contributed by atoms with Gasteiger partial charge in [0.1, 0.15) is 5.75 Å². The summed E-state index contributed by atoms with van der Waals surface area (Å²) < 4.78 is 17.9. The van der Waals surface area contributed by atoms with Crippen molar-refractivity contribution in [2.24, 2.45) is 12.0 Å². The lowest BCUT2D eigenvalue weighted by Gasteiger charge is -2.15. The molecule has 2 N–H and O–H groups in total. The van der Waals surface area contributed by atoms with Crippen LogP contribution in [0.3, 0.4) is 0 Å². The third-order valence-corrected chi connectivity index (χ3v) is 5.82. The van der Waals surface area contributed by atoms with Gasteiger partial charge in [-0.05, 0) is 62.2 Å². The van der Waals surface area contributed by atoms with E-state index in [4.69, 9.17) is 25.8 Å². The van der Waals surface area contributed by atoms with Crippen LogP contribution >= 0.6 is 11.6 Å². The van der Waals surface area contributed by atoms with Gasteiger partial charge in [-0.15, -0.1) is 0 Å². The Hall–Kier alpha value is -3.72. The number of methoxy groups -OCH3 is 3. The highest BCUT2D eigenvalue weighted by molar-refractivity contribution is 6.31. The molecule has 0 aliphatic carbocycles. The monoisotopic (exact) mass is 499 g/mol. The number of guanidine groups is 1. The van der Waals surface area contributed by atoms with Crippen LogP contribution in [0.2, 0.25) is 5.02 Å². The zero-order valence-corrected chi connectivity index (χ0v) is 21.5. The van der Waals surface area contributed by atoms with Crippen molar-refractivity contribution in [3.63, 3.8) is 0 Å². The molecule has 35 heavy (non-hydrogen) atoms. The van der Waals surface area contributed by atoms with Gasteiger partial charge in [0, 0.05) is 29.9 Å². The van der Waals surface area contributed by atoms with Crippen molar-refractivity contribution < 1.29 is 19.0 Å². The number of nitrogens with one attached hydrogen (secondary N) is 2. The lowest BCUT2D eigenvalue weighted by molar-refractivity contribution is 0.0976. The molecular weight excluding hydrogens is 470 g/mol. The van der Waals surface area contributed by atoms with E-state index in [1.165, 1.54) is 14.2 Å². The van der Waals surface area contributed by atoms with Crippen LogP contribution in [-0.4, -0.2) is 49.5 Å². The molecular formula is C25H30ClN5O4. The molecule has 0 saturated carbocycles. The fourth-order valence-corrected chi connectivity index (χ4v) is 3.80. The van der Waals surface area contributed by atoms with Gasteiger partial charge in [-0.1, -0.05) is 11.6 Å². The lowest BCUT2D eigenvalue weighted by atomic mass is 10.1. The maximum Gasteiger partial charge on any atom is 0.258 e. The second-order valence-electron chi connectivity index (χ2n) is 7.75. The van der Waals surface area contributed by atoms with Gasteiger partial charge in [0.15, 0.2) is 11.5 Å². The smallest absolute Gasteiger partial charge is 0.258 e. The SMILES string of the molecule is COc1ccc(Cl)cc1NC(=NCCc1c(C)nn(C)c1C)NC(=O)c1ccc(OC)c(OC)c1. The Morgan fingerprint density at radius 1 is 1.03 bits per heavy atom. The number of carbonyl (C=O) groups is 1. The van der Waals surface area contributed by atoms with Crippen LogP contribution in [0.25, 0.3) is 0 Å². The molecule has 10 heteroatoms. The average molecular weight is 500 g/mol. The van der Waals surface area contributed by atoms with Gasteiger partial charge in [0.05, 0.1) is 32.7 Å². The first-order chi connectivity index (χ1) is 16.8. The quantitative estimate of drug-likeness (QED) is 0.357. The van der Waals surface area contributed by atoms with Crippen LogP contribution in [0.1, 0.15) is 27.3 Å². The summed E-state index contributed by atoms with van der Waals surface area (Å²) in [6.07, 6.45) is 0.662. The number of nitrogens with zero attached hydrogens (tertiary/aromatic N) is 3. The number of amides is 1. The number of anilines is 1. The van der Waals surface area contributed by atoms with E-state index in [0.717, 1.165) is 17.0 Å². The molecule has 0 aliphatic heterocycles. The Balaban J connectivity index is 1.87. The van der Waals surface area contributed by atoms with Crippen molar-refractivity contribution in [3.05, 3.63) is 63.9 Å². The van der Waals surface area contributed by atoms with Crippen LogP contribution < -0.4 is 24.8 Å². The van der Waals surface area contributed by atoms with E-state index in [1.807, 2.05) is 25.6 Å². The predicted octanol–water partition coefficient (Wildman–Crippen LogP) is 4.16. The molecule has 0 spiro atoms. The Labute approximate surface area is 210 Å². The van der Waals surface area contributed by atoms with Gasteiger partial charge >= 0.3 is 0 Å². The molecule has 0 saturated heterocycles. The van der Waals surface area contributed by atoms with E-state index < -0.39 is 0 Å². The summed E-state index contributed by atoms with van der Waals surface area (Å²) in [6.45, 7) is 4.42. The number of carbonyl (C=O) groups excluding carboxylic acids is 1. The molecule has 9 nitrogen and oxygen atoms in total. The van der Waals surface area contributed by atoms with Gasteiger partial charge < -0.3 is 19.5 Å². The highest BCUT2D eigenvalue weighted by atomic mass is 35.5. The van der Waals surface area contributed by atoms with E-state index in [9.17, 15) is 4.79 Å². The molecule has 0 aliphatic rings. The zero-order valence-electron chi connectivity index (χ0n) is 20.7. The molecule has 2 aromatic carbocycles. The minimum atomic E-state index is -0.369. The van der Waals surface area contributed by atoms with Gasteiger partial charge in [0.25, 0.3) is 5.91 Å². The summed E-state index contributed by atoms with van der Waals surface area (Å²) in [5.41, 5.74) is 4.12. The third kappa shape index (κ3) is 6.24. The van der Waals surface area contributed by atoms with Gasteiger partial charge in [0.2, 0.25) is 5.96 Å². The maximum absolute atomic E-state index is 13.1. The molecule has 1 heterocycles. The molecule has 0 atom stereocenters. The standard InChI is InChI=1S/C25H30ClN5O4/c1-15-19(16(2)31(3)30-15)11-12-27-25(28-20-14-18(26)8-10-21(20)33-4)29-24(32)17-7-9-22(34-5)23(13-17)35-6/h7-10,13-14H,11-12H2,1-6H3,(H2,27,28,29,32). The molecule has 1 aromatic heterocycles. The molecule has 0 fully saturated rings. The number of rotatable bonds is 8. The van der Waals surface area contributed by atoms with Gasteiger partial charge in [-0.3, -0.25) is 19.8 Å². The number of halogens is 1. The van der Waals surface area contributed by atoms with Crippen molar-refractivity contribution in [2.45, 2.75) is 20.3 Å². The molecule has 0 unspecified atom stereocenters. The van der Waals surface area contributed by atoms with E-state index >= 15 is 0 Å². The van der Waals surface area contributed by atoms with Crippen LogP contribution in [-0.2, 0) is 13.5 Å². The molecule has 0 bridgehead atoms. The Morgan fingerprint density at radius 3 is 2.34 bits per heavy atom. The fraction of sp³-hybridized carbons (Fsp3) is 0.320. The minimum absolute atomic E-state index is 0.254. The number of aryl methyl sites for hydroxylation is 2. The first-order valence-electron chi connectivity index (χ1n) is 10.9. The number of hydrogen-bond donors (Lipinski definition) is 2. The van der Waals surface area contributed by atoms with Crippen molar-refractivity contribution in [1.82, 2.24) is 15.1 Å². The topological polar surface area (TPSA) is 99.0 Å². The number of hydrogen-bond acceptors (Lipinski definition) is 6. The summed E-state index contributed by atoms with van der Waals surface area (Å²) in [7, 11) is 6.52. The number of aliphatic imine (C=N–C) groups is 1. The van der Waals surface area contributed by atoms with E-state index in [1.54, 1.807) is 43.5 Å². The van der Waals surface area contributed by atoms with Gasteiger partial charge in [-0.2, -0.15) is 5.10 Å². The van der Waals surface area contributed by atoms with Crippen molar-refractivity contribution in [3.8, 4) is 17.2 Å². The second-order valence-corrected chi connectivity index (χ2v) is 8.18. The van der Waals surface area contributed by atoms with E-state index in [0.29, 0.717) is 46.5 Å². The first-order valence-corrected chi connectivity index (χ1v) is 11.3. The first kappa shape index (κ1) is 25.9. The molecule has 186 valence electrons. The molecule has 0 radical (unpaired) electrons. The van der Waals surface area contributed by atoms with Crippen LogP contribution in [0, 0.1) is 13.8 Å². The van der Waals surface area contributed by atoms with Crippen molar-refractivity contribution in [2.75, 3.05) is 33.2 Å². The van der Waals surface area contributed by atoms with E-state index in [-0.39, 0.29) is 11.9 Å². The number of benzene rings is 2. The fourth-order valence-electron chi connectivity index (χ4n) is 3.63. The highest BCUT2D eigenvalue weighted by Crippen LogP contribution is 2.29. The molecule has 3 aromatic rings. The van der Waals surface area contributed by atoms with Crippen molar-refractivity contribution in [1.29, 1.82) is 0 Å². The Morgan fingerprint density at radius 2 is 1.71 bits per heavy atom. The van der Waals surface area contributed by atoms with E-state index in [2.05, 4.69) is 20.7 Å². The second kappa shape index (κ2) is 11.6. The number of ether oxygens (including phenoxy) is 3. The largest absolute Gasteiger partial charge is 0.495 e. The molecule has 3 rings (SSSR count). The van der Waals surface area contributed by atoms with Crippen LogP contribution in [0.15, 0.2) is 41.4 Å². The Kier molecular flexibility index (Phi) is 8.59. The lowest BCUT2D eigenvalue weighted by Crippen LogP contribution is -2.36. The maximum atomic E-state index is 13.1. The predicted molar refractivity (Wildman–Crippen MR) is 137 cm³/mol. The average Bonchev–Trinajstić information content (AvgIpc) is 3.09. The molecule has 1 amide bonds. The van der Waals surface area contributed by atoms with Crippen LogP contribution in [0.4, 0.5) is 5.69 Å². The third-order valence-electron chi connectivity index (χ3n) is 5.58. The van der Waals surface area contributed by atoms with Gasteiger partial charge in [-0.25, -0.2) is 0 Å². The summed E-state index contributed by atoms with van der Waals surface area (Å²) in [5.74, 6) is 1.42. The van der Waals surface area contributed by atoms with Crippen LogP contribution in [0.5, 0.6) is 17.2 Å². The minimum Gasteiger partial charge on any atom is -0.495 e. The zero-order chi connectivity index (χ0) is 25.5. The summed E-state index contributed by atoms with van der Waals surface area (Å²) in [6, 6.07) is 10.1. The summed E-state index contributed by atoms with van der Waals surface area (Å²) in [5, 5.41) is 11.0. The summed E-state index contributed by atoms with van der Waals surface area (Å²) in [4.78, 5) is 17.7. The van der Waals surface area contributed by atoms with Crippen molar-refractivity contribution >= 4 is 29.2 Å². The number of aromatic nitrogens is 2. The Bertz CT molecular complexity index is 1240.